The van der Waals surface area contributed by atoms with Crippen LogP contribution in [0.3, 0.4) is 0 Å². The standard InChI is InChI=1S/C8H10Cl4O/c9-3-1-7(11)5-13-6-8(12)2-4-10/h5-6H,1-4H2. The van der Waals surface area contributed by atoms with Crippen LogP contribution < -0.4 is 0 Å². The molecule has 1 nitrogen and oxygen atoms in total. The van der Waals surface area contributed by atoms with Gasteiger partial charge in [-0.15, -0.1) is 23.2 Å². The summed E-state index contributed by atoms with van der Waals surface area (Å²) in [6.07, 6.45) is 3.98. The van der Waals surface area contributed by atoms with E-state index in [0.717, 1.165) is 0 Å². The third kappa shape index (κ3) is 8.76. The summed E-state index contributed by atoms with van der Waals surface area (Å²) in [4.78, 5) is 0. The lowest BCUT2D eigenvalue weighted by molar-refractivity contribution is 0.396. The zero-order chi connectivity index (χ0) is 10.1. The lowest BCUT2D eigenvalue weighted by Gasteiger charge is -1.96. The number of rotatable bonds is 6. The maximum Gasteiger partial charge on any atom is 0.105 e. The minimum atomic E-state index is 0.470. The molecule has 76 valence electrons. The Kier molecular flexibility index (Phi) is 9.32. The summed E-state index contributed by atoms with van der Waals surface area (Å²) in [6.45, 7) is 0. The summed E-state index contributed by atoms with van der Waals surface area (Å²) in [5.74, 6) is 0.940. The van der Waals surface area contributed by atoms with Crippen molar-refractivity contribution in [2.45, 2.75) is 12.8 Å². The van der Waals surface area contributed by atoms with Gasteiger partial charge in [0.1, 0.15) is 12.5 Å². The van der Waals surface area contributed by atoms with E-state index in [4.69, 9.17) is 51.1 Å². The SMILES string of the molecule is ClCCC(Cl)=COC=C(Cl)CCCl. The Labute approximate surface area is 98.2 Å². The molecule has 0 spiro atoms. The van der Waals surface area contributed by atoms with Gasteiger partial charge >= 0.3 is 0 Å². The van der Waals surface area contributed by atoms with Gasteiger partial charge in [0.05, 0.1) is 10.1 Å². The van der Waals surface area contributed by atoms with Crippen LogP contribution in [0.2, 0.25) is 0 Å². The average Bonchev–Trinajstić information content (AvgIpc) is 2.05. The van der Waals surface area contributed by atoms with Crippen molar-refractivity contribution in [1.29, 1.82) is 0 Å². The lowest BCUT2D eigenvalue weighted by Crippen LogP contribution is -1.79. The van der Waals surface area contributed by atoms with Gasteiger partial charge in [-0.3, -0.25) is 0 Å². The van der Waals surface area contributed by atoms with Crippen LogP contribution in [0.1, 0.15) is 12.8 Å². The summed E-state index contributed by atoms with van der Waals surface area (Å²) in [5.41, 5.74) is 0. The van der Waals surface area contributed by atoms with Gasteiger partial charge in [-0.2, -0.15) is 0 Å². The summed E-state index contributed by atoms with van der Waals surface area (Å²) >= 11 is 22.3. The van der Waals surface area contributed by atoms with E-state index in [0.29, 0.717) is 34.7 Å². The molecule has 0 rings (SSSR count). The van der Waals surface area contributed by atoms with Gasteiger partial charge in [-0.05, 0) is 12.8 Å². The minimum absolute atomic E-state index is 0.470. The van der Waals surface area contributed by atoms with Gasteiger partial charge < -0.3 is 4.74 Å². The summed E-state index contributed by atoms with van der Waals surface area (Å²) in [7, 11) is 0. The normalized spacial score (nSPS) is 13.2. The molecule has 0 heterocycles. The highest BCUT2D eigenvalue weighted by Crippen LogP contribution is 2.11. The molecule has 0 bridgehead atoms. The smallest absolute Gasteiger partial charge is 0.105 e. The number of hydrogen-bond donors (Lipinski definition) is 0. The summed E-state index contributed by atoms with van der Waals surface area (Å²) in [6, 6.07) is 0. The van der Waals surface area contributed by atoms with Crippen molar-refractivity contribution >= 4 is 46.4 Å². The topological polar surface area (TPSA) is 9.23 Å². The molecule has 0 aromatic heterocycles. The summed E-state index contributed by atoms with van der Waals surface area (Å²) < 4.78 is 4.96. The second kappa shape index (κ2) is 9.01. The van der Waals surface area contributed by atoms with Crippen LogP contribution in [0.25, 0.3) is 0 Å². The number of halogens is 4. The molecule has 0 aromatic carbocycles. The molecule has 0 saturated heterocycles. The van der Waals surface area contributed by atoms with E-state index in [2.05, 4.69) is 0 Å². The molecule has 0 radical (unpaired) electrons. The molecule has 0 fully saturated rings. The molecule has 0 aliphatic rings. The number of ether oxygens (including phenoxy) is 1. The highest BCUT2D eigenvalue weighted by atomic mass is 35.5. The largest absolute Gasteiger partial charge is 0.470 e. The van der Waals surface area contributed by atoms with Gasteiger partial charge in [0.25, 0.3) is 0 Å². The molecule has 5 heteroatoms. The van der Waals surface area contributed by atoms with Gasteiger partial charge in [0.15, 0.2) is 0 Å². The molecule has 0 atom stereocenters. The Morgan fingerprint density at radius 1 is 0.923 bits per heavy atom. The number of allylic oxidation sites excluding steroid dienone is 2. The first-order valence-corrected chi connectivity index (χ1v) is 5.49. The van der Waals surface area contributed by atoms with Gasteiger partial charge in [-0.1, -0.05) is 23.2 Å². The molecule has 0 amide bonds. The van der Waals surface area contributed by atoms with E-state index in [1.54, 1.807) is 0 Å². The van der Waals surface area contributed by atoms with Crippen molar-refractivity contribution in [3.8, 4) is 0 Å². The van der Waals surface area contributed by atoms with Crippen molar-refractivity contribution in [3.05, 3.63) is 22.6 Å². The first-order valence-electron chi connectivity index (χ1n) is 3.67. The van der Waals surface area contributed by atoms with Crippen molar-refractivity contribution < 1.29 is 4.74 Å². The number of hydrogen-bond acceptors (Lipinski definition) is 1. The van der Waals surface area contributed by atoms with E-state index < -0.39 is 0 Å². The number of alkyl halides is 2. The van der Waals surface area contributed by atoms with Crippen LogP contribution in [0.4, 0.5) is 0 Å². The summed E-state index contributed by atoms with van der Waals surface area (Å²) in [5, 5.41) is 1.11. The Bertz CT molecular complexity index is 169. The fraction of sp³-hybridized carbons (Fsp3) is 0.500. The van der Waals surface area contributed by atoms with Crippen LogP contribution in [0, 0.1) is 0 Å². The Balaban J connectivity index is 3.74. The van der Waals surface area contributed by atoms with E-state index in [-0.39, 0.29) is 0 Å². The Morgan fingerprint density at radius 3 is 1.62 bits per heavy atom. The molecule has 0 saturated carbocycles. The zero-order valence-electron chi connectivity index (χ0n) is 6.90. The molecular weight excluding hydrogens is 254 g/mol. The quantitative estimate of drug-likeness (QED) is 0.509. The van der Waals surface area contributed by atoms with E-state index in [9.17, 15) is 0 Å². The third-order valence-electron chi connectivity index (χ3n) is 1.06. The van der Waals surface area contributed by atoms with Crippen LogP contribution >= 0.6 is 46.4 Å². The second-order valence-corrected chi connectivity index (χ2v) is 3.87. The molecule has 0 aromatic rings. The Morgan fingerprint density at radius 2 is 1.31 bits per heavy atom. The van der Waals surface area contributed by atoms with Crippen molar-refractivity contribution in [2.75, 3.05) is 11.8 Å². The predicted molar refractivity (Wildman–Crippen MR) is 59.6 cm³/mol. The first kappa shape index (κ1) is 13.4. The lowest BCUT2D eigenvalue weighted by atomic mass is 10.5. The van der Waals surface area contributed by atoms with Crippen LogP contribution in [0.15, 0.2) is 22.6 Å². The zero-order valence-corrected chi connectivity index (χ0v) is 9.93. The minimum Gasteiger partial charge on any atom is -0.470 e. The van der Waals surface area contributed by atoms with Crippen molar-refractivity contribution in [3.63, 3.8) is 0 Å². The monoisotopic (exact) mass is 262 g/mol. The maximum absolute atomic E-state index is 5.69. The van der Waals surface area contributed by atoms with Gasteiger partial charge in [-0.25, -0.2) is 0 Å². The molecule has 0 aliphatic heterocycles. The Hall–Kier alpha value is 0.440. The second-order valence-electron chi connectivity index (χ2n) is 2.14. The van der Waals surface area contributed by atoms with Crippen LogP contribution in [-0.4, -0.2) is 11.8 Å². The van der Waals surface area contributed by atoms with Crippen LogP contribution in [0.5, 0.6) is 0 Å². The third-order valence-corrected chi connectivity index (χ3v) is 1.99. The fourth-order valence-electron chi connectivity index (χ4n) is 0.480. The molecule has 13 heavy (non-hydrogen) atoms. The molecule has 0 N–H and O–H groups in total. The molecule has 0 aliphatic carbocycles. The maximum atomic E-state index is 5.69. The first-order chi connectivity index (χ1) is 6.20. The molecular formula is C8H10Cl4O. The molecule has 0 unspecified atom stereocenters. The van der Waals surface area contributed by atoms with Gasteiger partial charge in [0, 0.05) is 11.8 Å². The van der Waals surface area contributed by atoms with E-state index in [1.165, 1.54) is 12.5 Å². The van der Waals surface area contributed by atoms with Gasteiger partial charge in [0.2, 0.25) is 0 Å². The fourth-order valence-corrected chi connectivity index (χ4v) is 1.37. The highest BCUT2D eigenvalue weighted by molar-refractivity contribution is 6.30. The van der Waals surface area contributed by atoms with E-state index >= 15 is 0 Å². The average molecular weight is 264 g/mol. The van der Waals surface area contributed by atoms with Crippen LogP contribution in [-0.2, 0) is 4.74 Å². The van der Waals surface area contributed by atoms with E-state index in [1.807, 2.05) is 0 Å². The highest BCUT2D eigenvalue weighted by Gasteiger charge is 1.92. The van der Waals surface area contributed by atoms with Crippen molar-refractivity contribution in [2.24, 2.45) is 0 Å². The van der Waals surface area contributed by atoms with Crippen molar-refractivity contribution in [1.82, 2.24) is 0 Å². The predicted octanol–water partition coefficient (Wildman–Crippen LogP) is 4.42.